The zero-order chi connectivity index (χ0) is 13.7. The largest absolute Gasteiger partial charge is 0.0746 e. The second-order valence-electron chi connectivity index (χ2n) is 7.63. The van der Waals surface area contributed by atoms with E-state index in [1.165, 1.54) is 12.8 Å². The minimum atomic E-state index is 0.241. The van der Waals surface area contributed by atoms with Crippen molar-refractivity contribution in [2.24, 2.45) is 23.7 Å². The molecule has 2 aliphatic rings. The second kappa shape index (κ2) is 7.86. The van der Waals surface area contributed by atoms with Crippen LogP contribution in [-0.4, -0.2) is 9.52 Å². The normalized spacial score (nSPS) is 38.7. The lowest BCUT2D eigenvalue weighted by Crippen LogP contribution is -2.27. The van der Waals surface area contributed by atoms with Crippen LogP contribution in [0.2, 0.25) is 12.1 Å². The summed E-state index contributed by atoms with van der Waals surface area (Å²) < 4.78 is 0. The molecule has 0 spiro atoms. The van der Waals surface area contributed by atoms with Crippen LogP contribution in [0.25, 0.3) is 0 Å². The summed E-state index contributed by atoms with van der Waals surface area (Å²) >= 11 is 0. The Morgan fingerprint density at radius 3 is 1.89 bits per heavy atom. The van der Waals surface area contributed by atoms with E-state index in [1.54, 1.807) is 51.4 Å². The van der Waals surface area contributed by atoms with Crippen molar-refractivity contribution in [1.29, 1.82) is 0 Å². The van der Waals surface area contributed by atoms with E-state index in [1.807, 2.05) is 0 Å². The summed E-state index contributed by atoms with van der Waals surface area (Å²) in [6.07, 6.45) is 15.4. The average Bonchev–Trinajstić information content (AvgIpc) is 2.48. The lowest BCUT2D eigenvalue weighted by atomic mass is 9.68. The average molecular weight is 281 g/mol. The van der Waals surface area contributed by atoms with Gasteiger partial charge in [0, 0.05) is 9.52 Å². The van der Waals surface area contributed by atoms with Crippen molar-refractivity contribution < 1.29 is 0 Å². The van der Waals surface area contributed by atoms with Gasteiger partial charge < -0.3 is 0 Å². The maximum Gasteiger partial charge on any atom is 0.0201 e. The molecule has 0 heterocycles. The molecule has 0 amide bonds. The molecule has 0 radical (unpaired) electrons. The van der Waals surface area contributed by atoms with E-state index in [4.69, 9.17) is 0 Å². The standard InChI is InChI=1S/C18H36Si/c1-4-5-15-6-8-17(9-7-15)18-12-10-16(11-13-18)14(2)19-3/h14-18H,4-13,19H2,1-3H3. The van der Waals surface area contributed by atoms with Crippen LogP contribution < -0.4 is 0 Å². The molecule has 2 rings (SSSR count). The van der Waals surface area contributed by atoms with E-state index in [0.29, 0.717) is 0 Å². The first-order valence-corrected chi connectivity index (χ1v) is 11.5. The fourth-order valence-corrected chi connectivity index (χ4v) is 6.01. The van der Waals surface area contributed by atoms with Crippen LogP contribution in [0, 0.1) is 23.7 Å². The third-order valence-electron chi connectivity index (χ3n) is 6.52. The molecule has 0 nitrogen and oxygen atoms in total. The van der Waals surface area contributed by atoms with Crippen molar-refractivity contribution in [3.63, 3.8) is 0 Å². The second-order valence-corrected chi connectivity index (χ2v) is 9.73. The van der Waals surface area contributed by atoms with Crippen LogP contribution in [0.3, 0.4) is 0 Å². The lowest BCUT2D eigenvalue weighted by Gasteiger charge is -2.39. The predicted molar refractivity (Wildman–Crippen MR) is 89.6 cm³/mol. The summed E-state index contributed by atoms with van der Waals surface area (Å²) in [4.78, 5) is 0. The Hall–Kier alpha value is 0.217. The van der Waals surface area contributed by atoms with Gasteiger partial charge in [-0.25, -0.2) is 0 Å². The Labute approximate surface area is 124 Å². The molecule has 0 saturated heterocycles. The Kier molecular flexibility index (Phi) is 6.45. The highest BCUT2D eigenvalue weighted by atomic mass is 28.2. The lowest BCUT2D eigenvalue weighted by molar-refractivity contribution is 0.142. The van der Waals surface area contributed by atoms with Gasteiger partial charge in [-0.2, -0.15) is 0 Å². The summed E-state index contributed by atoms with van der Waals surface area (Å²) in [5, 5.41) is 0. The molecule has 0 aromatic heterocycles. The molecule has 2 saturated carbocycles. The van der Waals surface area contributed by atoms with Crippen molar-refractivity contribution in [2.45, 2.75) is 90.1 Å². The van der Waals surface area contributed by atoms with Gasteiger partial charge in [0.1, 0.15) is 0 Å². The van der Waals surface area contributed by atoms with Gasteiger partial charge in [0.25, 0.3) is 0 Å². The topological polar surface area (TPSA) is 0 Å². The van der Waals surface area contributed by atoms with Crippen LogP contribution in [0.15, 0.2) is 0 Å². The molecule has 2 aliphatic carbocycles. The van der Waals surface area contributed by atoms with Crippen molar-refractivity contribution in [2.75, 3.05) is 0 Å². The van der Waals surface area contributed by atoms with Crippen LogP contribution in [0.5, 0.6) is 0 Å². The van der Waals surface area contributed by atoms with E-state index >= 15 is 0 Å². The maximum atomic E-state index is 2.53. The molecule has 0 aromatic rings. The molecule has 2 fully saturated rings. The highest BCUT2D eigenvalue weighted by Crippen LogP contribution is 2.44. The van der Waals surface area contributed by atoms with Gasteiger partial charge >= 0.3 is 0 Å². The minimum Gasteiger partial charge on any atom is -0.0746 e. The molecule has 0 N–H and O–H groups in total. The molecule has 1 heteroatoms. The van der Waals surface area contributed by atoms with Gasteiger partial charge in [-0.1, -0.05) is 64.5 Å². The molecule has 112 valence electrons. The highest BCUT2D eigenvalue weighted by molar-refractivity contribution is 6.35. The Bertz CT molecular complexity index is 234. The van der Waals surface area contributed by atoms with Gasteiger partial charge in [-0.05, 0) is 49.4 Å². The van der Waals surface area contributed by atoms with Gasteiger partial charge in [-0.3, -0.25) is 0 Å². The molecule has 1 unspecified atom stereocenters. The van der Waals surface area contributed by atoms with Crippen molar-refractivity contribution >= 4 is 9.52 Å². The SMILES string of the molecule is CCCC1CCC(C2CCC(C(C)[SiH2]C)CC2)CC1. The number of hydrogen-bond acceptors (Lipinski definition) is 0. The summed E-state index contributed by atoms with van der Waals surface area (Å²) in [5.41, 5.74) is 1.11. The van der Waals surface area contributed by atoms with Gasteiger partial charge in [-0.15, -0.1) is 0 Å². The Balaban J connectivity index is 1.71. The third-order valence-corrected chi connectivity index (χ3v) is 8.47. The van der Waals surface area contributed by atoms with Crippen LogP contribution in [0.4, 0.5) is 0 Å². The molecule has 1 atom stereocenters. The molecule has 0 aromatic carbocycles. The van der Waals surface area contributed by atoms with E-state index < -0.39 is 0 Å². The first-order valence-electron chi connectivity index (χ1n) is 9.24. The van der Waals surface area contributed by atoms with E-state index in [9.17, 15) is 0 Å². The van der Waals surface area contributed by atoms with Crippen LogP contribution >= 0.6 is 0 Å². The molecule has 0 bridgehead atoms. The van der Waals surface area contributed by atoms with E-state index in [0.717, 1.165) is 29.2 Å². The van der Waals surface area contributed by atoms with Crippen molar-refractivity contribution in [1.82, 2.24) is 0 Å². The smallest absolute Gasteiger partial charge is 0.0201 e. The summed E-state index contributed by atoms with van der Waals surface area (Å²) in [6.45, 7) is 7.39. The van der Waals surface area contributed by atoms with Gasteiger partial charge in [0.05, 0.1) is 0 Å². The fourth-order valence-electron chi connectivity index (χ4n) is 4.88. The van der Waals surface area contributed by atoms with Crippen molar-refractivity contribution in [3.8, 4) is 0 Å². The van der Waals surface area contributed by atoms with Crippen LogP contribution in [0.1, 0.15) is 78.1 Å². The molecular formula is C18H36Si. The first-order chi connectivity index (χ1) is 9.24. The quantitative estimate of drug-likeness (QED) is 0.589. The summed E-state index contributed by atoms with van der Waals surface area (Å²) in [5.74, 6) is 4.43. The predicted octanol–water partition coefficient (Wildman–Crippen LogP) is 5.42. The molecule has 19 heavy (non-hydrogen) atoms. The molecule has 0 aliphatic heterocycles. The third kappa shape index (κ3) is 4.34. The van der Waals surface area contributed by atoms with Gasteiger partial charge in [0.15, 0.2) is 0 Å². The minimum absolute atomic E-state index is 0.241. The molecular weight excluding hydrogens is 244 g/mol. The number of hydrogen-bond donors (Lipinski definition) is 0. The van der Waals surface area contributed by atoms with E-state index in [2.05, 4.69) is 20.4 Å². The Morgan fingerprint density at radius 1 is 0.895 bits per heavy atom. The zero-order valence-electron chi connectivity index (χ0n) is 13.7. The van der Waals surface area contributed by atoms with Gasteiger partial charge in [0.2, 0.25) is 0 Å². The summed E-state index contributed by atoms with van der Waals surface area (Å²) in [7, 11) is 0.241. The zero-order valence-corrected chi connectivity index (χ0v) is 15.1. The van der Waals surface area contributed by atoms with Crippen molar-refractivity contribution in [3.05, 3.63) is 0 Å². The van der Waals surface area contributed by atoms with E-state index in [-0.39, 0.29) is 9.52 Å². The highest BCUT2D eigenvalue weighted by Gasteiger charge is 2.31. The fraction of sp³-hybridized carbons (Fsp3) is 1.00. The summed E-state index contributed by atoms with van der Waals surface area (Å²) in [6, 6.07) is 0. The Morgan fingerprint density at radius 2 is 1.42 bits per heavy atom. The van der Waals surface area contributed by atoms with Crippen LogP contribution in [-0.2, 0) is 0 Å². The monoisotopic (exact) mass is 280 g/mol. The number of rotatable bonds is 5. The first kappa shape index (κ1) is 15.6. The maximum absolute atomic E-state index is 2.53.